The lowest BCUT2D eigenvalue weighted by atomic mass is 10.1. The highest BCUT2D eigenvalue weighted by molar-refractivity contribution is 7.99. The first-order valence-electron chi connectivity index (χ1n) is 6.61. The van der Waals surface area contributed by atoms with Crippen LogP contribution < -0.4 is 11.1 Å². The van der Waals surface area contributed by atoms with Crippen molar-refractivity contribution in [1.29, 1.82) is 0 Å². The summed E-state index contributed by atoms with van der Waals surface area (Å²) >= 11 is 1.97. The van der Waals surface area contributed by atoms with Crippen LogP contribution in [0.1, 0.15) is 30.1 Å². The summed E-state index contributed by atoms with van der Waals surface area (Å²) in [5, 5.41) is 3.46. The van der Waals surface area contributed by atoms with E-state index in [0.717, 1.165) is 11.4 Å². The molecule has 0 aliphatic carbocycles. The Morgan fingerprint density at radius 2 is 2.42 bits per heavy atom. The molecule has 2 rings (SSSR count). The second-order valence-corrected chi connectivity index (χ2v) is 5.73. The van der Waals surface area contributed by atoms with Gasteiger partial charge in [-0.1, -0.05) is 0 Å². The number of nitrogens with two attached hydrogens (primary N) is 1. The van der Waals surface area contributed by atoms with Crippen LogP contribution in [0.4, 0.5) is 11.4 Å². The molecule has 0 bridgehead atoms. The summed E-state index contributed by atoms with van der Waals surface area (Å²) in [6, 6.07) is 5.92. The Kier molecular flexibility index (Phi) is 4.96. The molecule has 1 aromatic carbocycles. The first-order valence-corrected chi connectivity index (χ1v) is 7.77. The molecule has 3 N–H and O–H groups in total. The topological polar surface area (TPSA) is 64.3 Å². The van der Waals surface area contributed by atoms with Gasteiger partial charge >= 0.3 is 5.97 Å². The van der Waals surface area contributed by atoms with Gasteiger partial charge in [-0.25, -0.2) is 4.79 Å². The summed E-state index contributed by atoms with van der Waals surface area (Å²) in [6.07, 6.45) is 2.41. The number of rotatable bonds is 4. The average molecular weight is 280 g/mol. The minimum atomic E-state index is -0.360. The Hall–Kier alpha value is -1.36. The highest BCUT2D eigenvalue weighted by Gasteiger charge is 2.15. The van der Waals surface area contributed by atoms with Gasteiger partial charge in [-0.2, -0.15) is 11.8 Å². The van der Waals surface area contributed by atoms with Gasteiger partial charge in [0.05, 0.1) is 12.2 Å². The molecule has 1 heterocycles. The number of hydrogen-bond donors (Lipinski definition) is 2. The number of nitrogen functional groups attached to an aromatic ring is 1. The number of nitrogens with one attached hydrogen (secondary N) is 1. The number of esters is 1. The summed E-state index contributed by atoms with van der Waals surface area (Å²) in [4.78, 5) is 11.8. The van der Waals surface area contributed by atoms with Gasteiger partial charge in [0.2, 0.25) is 0 Å². The molecule has 0 radical (unpaired) electrons. The van der Waals surface area contributed by atoms with Crippen molar-refractivity contribution in [3.63, 3.8) is 0 Å². The first kappa shape index (κ1) is 14.1. The van der Waals surface area contributed by atoms with E-state index in [1.807, 2.05) is 17.8 Å². The summed E-state index contributed by atoms with van der Waals surface area (Å²) in [5.41, 5.74) is 7.66. The Labute approximate surface area is 118 Å². The lowest BCUT2D eigenvalue weighted by molar-refractivity contribution is 0.0527. The highest BCUT2D eigenvalue weighted by atomic mass is 32.2. The predicted octanol–water partition coefficient (Wildman–Crippen LogP) is 2.75. The number of thioether (sulfide) groups is 1. The first-order chi connectivity index (χ1) is 9.20. The quantitative estimate of drug-likeness (QED) is 0.656. The summed E-state index contributed by atoms with van der Waals surface area (Å²) in [6.45, 7) is 2.14. The van der Waals surface area contributed by atoms with Crippen LogP contribution in [0, 0.1) is 0 Å². The molecule has 4 nitrogen and oxygen atoms in total. The number of carbonyl (C=O) groups excluding carboxylic acids is 1. The maximum absolute atomic E-state index is 11.8. The fourth-order valence-electron chi connectivity index (χ4n) is 2.12. The van der Waals surface area contributed by atoms with Gasteiger partial charge in [0.15, 0.2) is 0 Å². The fraction of sp³-hybridized carbons (Fsp3) is 0.500. The van der Waals surface area contributed by atoms with Crippen LogP contribution in [-0.4, -0.2) is 30.1 Å². The number of benzene rings is 1. The molecule has 104 valence electrons. The van der Waals surface area contributed by atoms with E-state index in [-0.39, 0.29) is 5.97 Å². The van der Waals surface area contributed by atoms with Crippen LogP contribution in [0.2, 0.25) is 0 Å². The number of ether oxygens (including phenoxy) is 1. The molecule has 0 spiro atoms. The maximum atomic E-state index is 11.8. The summed E-state index contributed by atoms with van der Waals surface area (Å²) in [7, 11) is 0. The zero-order chi connectivity index (χ0) is 13.7. The third-order valence-corrected chi connectivity index (χ3v) is 4.30. The van der Waals surface area contributed by atoms with E-state index in [1.165, 1.54) is 18.6 Å². The second kappa shape index (κ2) is 6.70. The Morgan fingerprint density at radius 1 is 1.58 bits per heavy atom. The van der Waals surface area contributed by atoms with Crippen molar-refractivity contribution in [2.75, 3.05) is 29.2 Å². The van der Waals surface area contributed by atoms with Crippen molar-refractivity contribution in [2.24, 2.45) is 0 Å². The molecule has 1 aromatic rings. The Balaban J connectivity index is 2.08. The summed E-state index contributed by atoms with van der Waals surface area (Å²) < 4.78 is 5.00. The van der Waals surface area contributed by atoms with Gasteiger partial charge in [0.25, 0.3) is 0 Å². The third-order valence-electron chi connectivity index (χ3n) is 3.08. The zero-order valence-electron chi connectivity index (χ0n) is 11.1. The standard InChI is InChI=1S/C14H20N2O2S/c1-2-18-14(17)12-8-10(5-6-13(12)15)16-11-4-3-7-19-9-11/h5-6,8,11,16H,2-4,7,9,15H2,1H3. The minimum absolute atomic E-state index is 0.356. The fourth-order valence-corrected chi connectivity index (χ4v) is 3.19. The zero-order valence-corrected chi connectivity index (χ0v) is 12.0. The molecule has 1 fully saturated rings. The average Bonchev–Trinajstić information content (AvgIpc) is 2.42. The lowest BCUT2D eigenvalue weighted by Crippen LogP contribution is -2.25. The van der Waals surface area contributed by atoms with E-state index >= 15 is 0 Å². The molecular formula is C14H20N2O2S. The smallest absolute Gasteiger partial charge is 0.340 e. The van der Waals surface area contributed by atoms with Gasteiger partial charge in [-0.15, -0.1) is 0 Å². The van der Waals surface area contributed by atoms with Crippen molar-refractivity contribution in [1.82, 2.24) is 0 Å². The Bertz CT molecular complexity index is 445. The van der Waals surface area contributed by atoms with Gasteiger partial charge in [0.1, 0.15) is 0 Å². The molecule has 5 heteroatoms. The van der Waals surface area contributed by atoms with Crippen LogP contribution in [0.15, 0.2) is 18.2 Å². The molecule has 1 unspecified atom stereocenters. The van der Waals surface area contributed by atoms with E-state index in [2.05, 4.69) is 5.32 Å². The largest absolute Gasteiger partial charge is 0.462 e. The highest BCUT2D eigenvalue weighted by Crippen LogP contribution is 2.23. The van der Waals surface area contributed by atoms with E-state index in [0.29, 0.717) is 23.9 Å². The molecule has 0 aromatic heterocycles. The Morgan fingerprint density at radius 3 is 3.11 bits per heavy atom. The minimum Gasteiger partial charge on any atom is -0.462 e. The molecule has 1 saturated heterocycles. The second-order valence-electron chi connectivity index (χ2n) is 4.58. The van der Waals surface area contributed by atoms with E-state index in [1.54, 1.807) is 19.1 Å². The van der Waals surface area contributed by atoms with Gasteiger partial charge < -0.3 is 15.8 Å². The molecular weight excluding hydrogens is 260 g/mol. The van der Waals surface area contributed by atoms with Crippen LogP contribution >= 0.6 is 11.8 Å². The van der Waals surface area contributed by atoms with Gasteiger partial charge in [-0.05, 0) is 43.7 Å². The van der Waals surface area contributed by atoms with Crippen LogP contribution in [0.3, 0.4) is 0 Å². The third kappa shape index (κ3) is 3.80. The van der Waals surface area contributed by atoms with Gasteiger partial charge in [0, 0.05) is 23.2 Å². The molecule has 1 atom stereocenters. The lowest BCUT2D eigenvalue weighted by Gasteiger charge is -2.23. The molecule has 1 aliphatic heterocycles. The number of carbonyl (C=O) groups is 1. The van der Waals surface area contributed by atoms with Crippen molar-refractivity contribution >= 4 is 29.1 Å². The van der Waals surface area contributed by atoms with Crippen LogP contribution in [0.5, 0.6) is 0 Å². The van der Waals surface area contributed by atoms with Crippen molar-refractivity contribution in [3.8, 4) is 0 Å². The van der Waals surface area contributed by atoms with Gasteiger partial charge in [-0.3, -0.25) is 0 Å². The summed E-state index contributed by atoms with van der Waals surface area (Å²) in [5.74, 6) is 1.99. The van der Waals surface area contributed by atoms with E-state index < -0.39 is 0 Å². The predicted molar refractivity (Wildman–Crippen MR) is 80.8 cm³/mol. The molecule has 0 amide bonds. The van der Waals surface area contributed by atoms with Crippen LogP contribution in [-0.2, 0) is 4.74 Å². The van der Waals surface area contributed by atoms with E-state index in [4.69, 9.17) is 10.5 Å². The monoisotopic (exact) mass is 280 g/mol. The molecule has 1 aliphatic rings. The van der Waals surface area contributed by atoms with Crippen molar-refractivity contribution in [3.05, 3.63) is 23.8 Å². The normalized spacial score (nSPS) is 18.9. The maximum Gasteiger partial charge on any atom is 0.340 e. The SMILES string of the molecule is CCOC(=O)c1cc(NC2CCCSC2)ccc1N. The number of anilines is 2. The van der Waals surface area contributed by atoms with Crippen molar-refractivity contribution in [2.45, 2.75) is 25.8 Å². The number of hydrogen-bond acceptors (Lipinski definition) is 5. The molecule has 19 heavy (non-hydrogen) atoms. The van der Waals surface area contributed by atoms with Crippen molar-refractivity contribution < 1.29 is 9.53 Å². The van der Waals surface area contributed by atoms with E-state index in [9.17, 15) is 4.79 Å². The molecule has 0 saturated carbocycles. The van der Waals surface area contributed by atoms with Crippen LogP contribution in [0.25, 0.3) is 0 Å².